The van der Waals surface area contributed by atoms with E-state index in [1.165, 1.54) is 19.3 Å². The highest BCUT2D eigenvalue weighted by atomic mass is 15.1. The molecule has 0 atom stereocenters. The number of rotatable bonds is 4. The maximum Gasteiger partial charge on any atom is 0.224 e. The molecule has 16 heavy (non-hydrogen) atoms. The van der Waals surface area contributed by atoms with Crippen molar-refractivity contribution in [3.05, 3.63) is 6.33 Å². The van der Waals surface area contributed by atoms with Gasteiger partial charge in [-0.2, -0.15) is 9.97 Å². The van der Waals surface area contributed by atoms with Gasteiger partial charge >= 0.3 is 0 Å². The molecule has 0 bridgehead atoms. The summed E-state index contributed by atoms with van der Waals surface area (Å²) in [4.78, 5) is 15.3. The Morgan fingerprint density at radius 2 is 2.31 bits per heavy atom. The van der Waals surface area contributed by atoms with E-state index in [1.54, 1.807) is 6.33 Å². The van der Waals surface area contributed by atoms with Crippen molar-refractivity contribution in [2.45, 2.75) is 19.3 Å². The summed E-state index contributed by atoms with van der Waals surface area (Å²) >= 11 is 0. The molecular weight excluding hydrogens is 204 g/mol. The average molecular weight is 218 g/mol. The molecule has 1 fully saturated rings. The van der Waals surface area contributed by atoms with Gasteiger partial charge in [-0.1, -0.05) is 12.8 Å². The Hall–Kier alpha value is -1.85. The third-order valence-electron chi connectivity index (χ3n) is 2.84. The van der Waals surface area contributed by atoms with Gasteiger partial charge in [-0.15, -0.1) is 0 Å². The number of hydrogen-bond acceptors (Lipinski definition) is 5. The van der Waals surface area contributed by atoms with Crippen molar-refractivity contribution >= 4 is 22.9 Å². The lowest BCUT2D eigenvalue weighted by Crippen LogP contribution is -2.07. The van der Waals surface area contributed by atoms with E-state index in [1.807, 2.05) is 0 Å². The Balaban J connectivity index is 1.80. The van der Waals surface area contributed by atoms with Crippen molar-refractivity contribution in [1.82, 2.24) is 19.9 Å². The van der Waals surface area contributed by atoms with E-state index in [9.17, 15) is 0 Å². The van der Waals surface area contributed by atoms with Gasteiger partial charge in [0.05, 0.1) is 6.33 Å². The number of nitrogens with two attached hydrogens (primary N) is 1. The van der Waals surface area contributed by atoms with Crippen molar-refractivity contribution in [3.8, 4) is 0 Å². The van der Waals surface area contributed by atoms with Crippen LogP contribution < -0.4 is 11.1 Å². The number of nitrogen functional groups attached to an aromatic ring is 1. The molecule has 0 aliphatic heterocycles. The van der Waals surface area contributed by atoms with E-state index in [0.717, 1.165) is 23.8 Å². The highest BCUT2D eigenvalue weighted by molar-refractivity contribution is 5.83. The molecule has 4 N–H and O–H groups in total. The zero-order valence-corrected chi connectivity index (χ0v) is 8.90. The number of nitrogens with zero attached hydrogens (tertiary/aromatic N) is 3. The van der Waals surface area contributed by atoms with E-state index in [-0.39, 0.29) is 5.95 Å². The molecule has 84 valence electrons. The van der Waals surface area contributed by atoms with Crippen LogP contribution in [0, 0.1) is 5.92 Å². The normalized spacial score (nSPS) is 15.5. The second-order valence-electron chi connectivity index (χ2n) is 4.19. The molecule has 0 saturated heterocycles. The first-order valence-electron chi connectivity index (χ1n) is 5.53. The van der Waals surface area contributed by atoms with Gasteiger partial charge in [0.1, 0.15) is 5.52 Å². The van der Waals surface area contributed by atoms with Crippen LogP contribution in [0.15, 0.2) is 6.33 Å². The summed E-state index contributed by atoms with van der Waals surface area (Å²) in [7, 11) is 0. The summed E-state index contributed by atoms with van der Waals surface area (Å²) in [5, 5.41) is 3.28. The summed E-state index contributed by atoms with van der Waals surface area (Å²) in [5.74, 6) is 1.91. The Kier molecular flexibility index (Phi) is 2.12. The summed E-state index contributed by atoms with van der Waals surface area (Å²) < 4.78 is 0. The van der Waals surface area contributed by atoms with Crippen molar-refractivity contribution in [2.75, 3.05) is 17.6 Å². The molecule has 3 rings (SSSR count). The number of nitrogens with one attached hydrogen (secondary N) is 2. The first-order valence-corrected chi connectivity index (χ1v) is 5.53. The quantitative estimate of drug-likeness (QED) is 0.715. The first-order chi connectivity index (χ1) is 7.83. The molecule has 1 saturated carbocycles. The minimum atomic E-state index is 0.258. The average Bonchev–Trinajstić information content (AvgIpc) is 2.95. The maximum absolute atomic E-state index is 5.61. The standard InChI is InChI=1S/C10H14N6/c11-10-15-8(12-4-3-6-1-2-6)7-9(16-10)14-5-13-7/h5-6H,1-4H2,(H4,11,12,13,14,15,16). The first kappa shape index (κ1) is 9.38. The van der Waals surface area contributed by atoms with Crippen LogP contribution in [0.5, 0.6) is 0 Å². The van der Waals surface area contributed by atoms with Gasteiger partial charge in [0.2, 0.25) is 5.95 Å². The minimum Gasteiger partial charge on any atom is -0.368 e. The number of H-pyrrole nitrogens is 1. The molecule has 0 unspecified atom stereocenters. The predicted octanol–water partition coefficient (Wildman–Crippen LogP) is 1.15. The monoisotopic (exact) mass is 218 g/mol. The van der Waals surface area contributed by atoms with Gasteiger partial charge in [0, 0.05) is 6.54 Å². The van der Waals surface area contributed by atoms with Gasteiger partial charge in [-0.3, -0.25) is 0 Å². The summed E-state index contributed by atoms with van der Waals surface area (Å²) in [6.45, 7) is 0.926. The number of aromatic nitrogens is 4. The lowest BCUT2D eigenvalue weighted by atomic mass is 10.3. The predicted molar refractivity (Wildman–Crippen MR) is 61.9 cm³/mol. The topological polar surface area (TPSA) is 92.5 Å². The SMILES string of the molecule is Nc1nc(NCCC2CC2)c2[nH]cnc2n1. The second kappa shape index (κ2) is 3.62. The fraction of sp³-hybridized carbons (Fsp3) is 0.500. The lowest BCUT2D eigenvalue weighted by molar-refractivity contribution is 0.759. The molecule has 6 heteroatoms. The Labute approximate surface area is 92.7 Å². The van der Waals surface area contributed by atoms with E-state index in [0.29, 0.717) is 5.65 Å². The van der Waals surface area contributed by atoms with Crippen LogP contribution in [0.1, 0.15) is 19.3 Å². The van der Waals surface area contributed by atoms with Gasteiger partial charge in [0.25, 0.3) is 0 Å². The van der Waals surface area contributed by atoms with Crippen LogP contribution in [0.25, 0.3) is 11.2 Å². The molecule has 2 heterocycles. The zero-order valence-electron chi connectivity index (χ0n) is 8.90. The van der Waals surface area contributed by atoms with Gasteiger partial charge in [-0.25, -0.2) is 4.98 Å². The third-order valence-corrected chi connectivity index (χ3v) is 2.84. The summed E-state index contributed by atoms with van der Waals surface area (Å²) in [5.41, 5.74) is 7.05. The Morgan fingerprint density at radius 1 is 1.44 bits per heavy atom. The second-order valence-corrected chi connectivity index (χ2v) is 4.19. The molecule has 0 radical (unpaired) electrons. The van der Waals surface area contributed by atoms with Crippen LogP contribution in [0.4, 0.5) is 11.8 Å². The number of aromatic amines is 1. The fourth-order valence-electron chi connectivity index (χ4n) is 1.78. The van der Waals surface area contributed by atoms with Crippen LogP contribution in [0.3, 0.4) is 0 Å². The van der Waals surface area contributed by atoms with Crippen molar-refractivity contribution in [3.63, 3.8) is 0 Å². The molecule has 1 aliphatic carbocycles. The number of fused-ring (bicyclic) bond motifs is 1. The molecule has 0 spiro atoms. The highest BCUT2D eigenvalue weighted by Gasteiger charge is 2.20. The molecule has 2 aromatic rings. The van der Waals surface area contributed by atoms with Gasteiger partial charge in [0.15, 0.2) is 11.5 Å². The van der Waals surface area contributed by atoms with E-state index in [4.69, 9.17) is 5.73 Å². The molecular formula is C10H14N6. The van der Waals surface area contributed by atoms with Crippen LogP contribution in [-0.4, -0.2) is 26.5 Å². The number of imidazole rings is 1. The number of hydrogen-bond donors (Lipinski definition) is 3. The molecule has 2 aromatic heterocycles. The van der Waals surface area contributed by atoms with Crippen molar-refractivity contribution in [1.29, 1.82) is 0 Å². The van der Waals surface area contributed by atoms with E-state index in [2.05, 4.69) is 25.3 Å². The molecule has 6 nitrogen and oxygen atoms in total. The van der Waals surface area contributed by atoms with Gasteiger partial charge < -0.3 is 16.0 Å². The minimum absolute atomic E-state index is 0.258. The smallest absolute Gasteiger partial charge is 0.224 e. The van der Waals surface area contributed by atoms with Gasteiger partial charge in [-0.05, 0) is 12.3 Å². The van der Waals surface area contributed by atoms with Crippen LogP contribution in [-0.2, 0) is 0 Å². The number of anilines is 2. The summed E-state index contributed by atoms with van der Waals surface area (Å²) in [6, 6.07) is 0. The van der Waals surface area contributed by atoms with Crippen LogP contribution >= 0.6 is 0 Å². The van der Waals surface area contributed by atoms with Crippen molar-refractivity contribution in [2.24, 2.45) is 5.92 Å². The van der Waals surface area contributed by atoms with E-state index >= 15 is 0 Å². The fourth-order valence-corrected chi connectivity index (χ4v) is 1.78. The molecule has 0 aromatic carbocycles. The van der Waals surface area contributed by atoms with E-state index < -0.39 is 0 Å². The zero-order chi connectivity index (χ0) is 11.0. The highest BCUT2D eigenvalue weighted by Crippen LogP contribution is 2.32. The Bertz CT molecular complexity index is 501. The lowest BCUT2D eigenvalue weighted by Gasteiger charge is -2.05. The largest absolute Gasteiger partial charge is 0.368 e. The van der Waals surface area contributed by atoms with Crippen LogP contribution in [0.2, 0.25) is 0 Å². The third kappa shape index (κ3) is 1.78. The molecule has 0 amide bonds. The Morgan fingerprint density at radius 3 is 3.12 bits per heavy atom. The molecule has 1 aliphatic rings. The summed E-state index contributed by atoms with van der Waals surface area (Å²) in [6.07, 6.45) is 5.53. The maximum atomic E-state index is 5.61. The van der Waals surface area contributed by atoms with Crippen molar-refractivity contribution < 1.29 is 0 Å².